The number of anilines is 1. The third-order valence-corrected chi connectivity index (χ3v) is 9.36. The van der Waals surface area contributed by atoms with E-state index in [4.69, 9.17) is 9.47 Å². The summed E-state index contributed by atoms with van der Waals surface area (Å²) < 4.78 is 38.2. The second-order valence-corrected chi connectivity index (χ2v) is 12.4. The molecule has 1 saturated heterocycles. The van der Waals surface area contributed by atoms with Gasteiger partial charge in [0.05, 0.1) is 37.1 Å². The van der Waals surface area contributed by atoms with E-state index in [-0.39, 0.29) is 24.1 Å². The standard InChI is InChI=1S/C32H39N3O6S/c1-40-29-17-16-25(22-30(29)41-2)18-19-33-32(37)27-14-6-7-15-28(27)34-31(36)26-13-8-20-35(23-26)42(38,39)21-9-12-24-10-4-3-5-11-24/h3-7,10-11,14-17,22,26H,8-9,12-13,18-21,23H2,1-2H3,(H,33,37)(H,34,36)/t26-/m1/s1. The molecule has 0 saturated carbocycles. The van der Waals surface area contributed by atoms with Crippen LogP contribution in [0.1, 0.15) is 40.7 Å². The first-order valence-electron chi connectivity index (χ1n) is 14.2. The Morgan fingerprint density at radius 2 is 1.64 bits per heavy atom. The monoisotopic (exact) mass is 593 g/mol. The summed E-state index contributed by atoms with van der Waals surface area (Å²) in [4.78, 5) is 26.3. The Hall–Kier alpha value is -3.89. The normalized spacial score (nSPS) is 15.5. The number of nitrogens with one attached hydrogen (secondary N) is 2. The summed E-state index contributed by atoms with van der Waals surface area (Å²) >= 11 is 0. The summed E-state index contributed by atoms with van der Waals surface area (Å²) in [6, 6.07) is 22.2. The molecule has 3 aromatic rings. The van der Waals surface area contributed by atoms with Gasteiger partial charge in [0.2, 0.25) is 15.9 Å². The van der Waals surface area contributed by atoms with Crippen LogP contribution in [0.25, 0.3) is 0 Å². The molecule has 10 heteroatoms. The Kier molecular flexibility index (Phi) is 11.0. The second-order valence-electron chi connectivity index (χ2n) is 10.3. The van der Waals surface area contributed by atoms with E-state index in [0.29, 0.717) is 67.9 Å². The molecule has 1 atom stereocenters. The van der Waals surface area contributed by atoms with Crippen molar-refractivity contribution in [1.29, 1.82) is 0 Å². The average molecular weight is 594 g/mol. The van der Waals surface area contributed by atoms with Gasteiger partial charge in [-0.25, -0.2) is 12.7 Å². The van der Waals surface area contributed by atoms with Crippen LogP contribution in [0.5, 0.6) is 11.5 Å². The van der Waals surface area contributed by atoms with Crippen molar-refractivity contribution in [3.63, 3.8) is 0 Å². The number of hydrogen-bond donors (Lipinski definition) is 2. The second kappa shape index (κ2) is 14.8. The number of benzene rings is 3. The lowest BCUT2D eigenvalue weighted by Crippen LogP contribution is -2.44. The average Bonchev–Trinajstić information content (AvgIpc) is 3.01. The van der Waals surface area contributed by atoms with Crippen LogP contribution in [0.3, 0.4) is 0 Å². The number of hydrogen-bond acceptors (Lipinski definition) is 6. The third-order valence-electron chi connectivity index (χ3n) is 7.44. The Balaban J connectivity index is 1.31. The van der Waals surface area contributed by atoms with E-state index < -0.39 is 15.9 Å². The Bertz CT molecular complexity index is 1460. The van der Waals surface area contributed by atoms with E-state index in [0.717, 1.165) is 11.1 Å². The number of ether oxygens (including phenoxy) is 2. The minimum Gasteiger partial charge on any atom is -0.493 e. The van der Waals surface area contributed by atoms with Gasteiger partial charge in [0.15, 0.2) is 11.5 Å². The zero-order chi connectivity index (χ0) is 30.0. The minimum atomic E-state index is -3.48. The molecule has 0 radical (unpaired) electrons. The molecule has 0 bridgehead atoms. The molecule has 42 heavy (non-hydrogen) atoms. The van der Waals surface area contributed by atoms with Gasteiger partial charge in [-0.3, -0.25) is 9.59 Å². The van der Waals surface area contributed by atoms with E-state index in [1.165, 1.54) is 4.31 Å². The molecule has 0 spiro atoms. The SMILES string of the molecule is COc1ccc(CCNC(=O)c2ccccc2NC(=O)[C@@H]2CCCN(S(=O)(=O)CCCc3ccccc3)C2)cc1OC. The minimum absolute atomic E-state index is 0.0442. The van der Waals surface area contributed by atoms with Crippen molar-refractivity contribution in [2.75, 3.05) is 44.9 Å². The summed E-state index contributed by atoms with van der Waals surface area (Å²) in [6.07, 6.45) is 2.98. The first kappa shape index (κ1) is 31.1. The molecule has 9 nitrogen and oxygen atoms in total. The number of methoxy groups -OCH3 is 2. The van der Waals surface area contributed by atoms with E-state index in [9.17, 15) is 18.0 Å². The van der Waals surface area contributed by atoms with E-state index in [1.807, 2.05) is 48.5 Å². The largest absolute Gasteiger partial charge is 0.493 e. The number of carbonyl (C=O) groups excluding carboxylic acids is 2. The van der Waals surface area contributed by atoms with Gasteiger partial charge in [-0.2, -0.15) is 0 Å². The Morgan fingerprint density at radius 1 is 0.905 bits per heavy atom. The van der Waals surface area contributed by atoms with Crippen molar-refractivity contribution in [3.05, 3.63) is 89.5 Å². The number of sulfonamides is 1. The van der Waals surface area contributed by atoms with Crippen molar-refractivity contribution in [3.8, 4) is 11.5 Å². The van der Waals surface area contributed by atoms with E-state index in [1.54, 1.807) is 38.5 Å². The summed E-state index contributed by atoms with van der Waals surface area (Å²) in [5, 5.41) is 5.80. The first-order chi connectivity index (χ1) is 20.3. The van der Waals surface area contributed by atoms with E-state index >= 15 is 0 Å². The lowest BCUT2D eigenvalue weighted by atomic mass is 9.98. The number of aryl methyl sites for hydroxylation is 1. The van der Waals surface area contributed by atoms with Crippen LogP contribution in [-0.2, 0) is 27.7 Å². The van der Waals surface area contributed by atoms with Crippen molar-refractivity contribution in [1.82, 2.24) is 9.62 Å². The van der Waals surface area contributed by atoms with Crippen molar-refractivity contribution < 1.29 is 27.5 Å². The molecule has 224 valence electrons. The van der Waals surface area contributed by atoms with Gasteiger partial charge in [0, 0.05) is 19.6 Å². The Morgan fingerprint density at radius 3 is 2.40 bits per heavy atom. The fourth-order valence-corrected chi connectivity index (χ4v) is 6.70. The zero-order valence-electron chi connectivity index (χ0n) is 24.2. The molecular weight excluding hydrogens is 554 g/mol. The van der Waals surface area contributed by atoms with Gasteiger partial charge in [-0.05, 0) is 67.5 Å². The maximum absolute atomic E-state index is 13.2. The van der Waals surface area contributed by atoms with E-state index in [2.05, 4.69) is 10.6 Å². The highest BCUT2D eigenvalue weighted by atomic mass is 32.2. The first-order valence-corrected chi connectivity index (χ1v) is 15.8. The molecule has 2 N–H and O–H groups in total. The molecule has 3 aromatic carbocycles. The molecule has 0 aliphatic carbocycles. The number of piperidine rings is 1. The topological polar surface area (TPSA) is 114 Å². The number of amides is 2. The molecule has 1 aliphatic rings. The maximum atomic E-state index is 13.2. The molecule has 0 unspecified atom stereocenters. The fourth-order valence-electron chi connectivity index (χ4n) is 5.12. The summed E-state index contributed by atoms with van der Waals surface area (Å²) in [5.41, 5.74) is 2.83. The quantitative estimate of drug-likeness (QED) is 0.306. The summed E-state index contributed by atoms with van der Waals surface area (Å²) in [6.45, 7) is 0.937. The number of carbonyl (C=O) groups is 2. The van der Waals surface area contributed by atoms with Crippen LogP contribution in [0.4, 0.5) is 5.69 Å². The summed E-state index contributed by atoms with van der Waals surface area (Å²) in [5.74, 6) is 0.210. The number of rotatable bonds is 13. The van der Waals surface area contributed by atoms with Gasteiger partial charge in [-0.1, -0.05) is 48.5 Å². The van der Waals surface area contributed by atoms with Gasteiger partial charge < -0.3 is 20.1 Å². The third kappa shape index (κ3) is 8.33. The molecule has 1 fully saturated rings. The van der Waals surface area contributed by atoms with Gasteiger partial charge in [0.1, 0.15) is 0 Å². The van der Waals surface area contributed by atoms with Crippen LogP contribution in [-0.4, -0.2) is 64.1 Å². The number of nitrogens with zero attached hydrogens (tertiary/aromatic N) is 1. The van der Waals surface area contributed by atoms with Crippen molar-refractivity contribution in [2.45, 2.75) is 32.1 Å². The zero-order valence-corrected chi connectivity index (χ0v) is 25.0. The van der Waals surface area contributed by atoms with Crippen LogP contribution in [0, 0.1) is 5.92 Å². The van der Waals surface area contributed by atoms with Crippen LogP contribution in [0.2, 0.25) is 0 Å². The summed E-state index contributed by atoms with van der Waals surface area (Å²) in [7, 11) is -0.329. The smallest absolute Gasteiger partial charge is 0.253 e. The van der Waals surface area contributed by atoms with Crippen molar-refractivity contribution >= 4 is 27.5 Å². The number of para-hydroxylation sites is 1. The highest BCUT2D eigenvalue weighted by Crippen LogP contribution is 2.28. The predicted molar refractivity (Wildman–Crippen MR) is 164 cm³/mol. The molecule has 0 aromatic heterocycles. The van der Waals surface area contributed by atoms with Gasteiger partial charge >= 0.3 is 0 Å². The molecular formula is C32H39N3O6S. The predicted octanol–water partition coefficient (Wildman–Crippen LogP) is 4.29. The highest BCUT2D eigenvalue weighted by Gasteiger charge is 2.32. The lowest BCUT2D eigenvalue weighted by Gasteiger charge is -2.31. The fraction of sp³-hybridized carbons (Fsp3) is 0.375. The highest BCUT2D eigenvalue weighted by molar-refractivity contribution is 7.89. The van der Waals surface area contributed by atoms with Gasteiger partial charge in [0.25, 0.3) is 5.91 Å². The molecule has 1 aliphatic heterocycles. The molecule has 4 rings (SSSR count). The molecule has 2 amide bonds. The van der Waals surface area contributed by atoms with Crippen LogP contribution >= 0.6 is 0 Å². The molecule has 1 heterocycles. The Labute approximate surface area is 248 Å². The van der Waals surface area contributed by atoms with Crippen LogP contribution < -0.4 is 20.1 Å². The van der Waals surface area contributed by atoms with Crippen molar-refractivity contribution in [2.24, 2.45) is 5.92 Å². The van der Waals surface area contributed by atoms with Crippen LogP contribution in [0.15, 0.2) is 72.8 Å². The maximum Gasteiger partial charge on any atom is 0.253 e. The lowest BCUT2D eigenvalue weighted by molar-refractivity contribution is -0.120. The van der Waals surface area contributed by atoms with Gasteiger partial charge in [-0.15, -0.1) is 0 Å².